The first-order chi connectivity index (χ1) is 14.7. The third-order valence-electron chi connectivity index (χ3n) is 5.16. The molecule has 1 atom stereocenters. The molecule has 0 aliphatic carbocycles. The smallest absolute Gasteiger partial charge is 0.251 e. The second-order valence-corrected chi connectivity index (χ2v) is 7.49. The summed E-state index contributed by atoms with van der Waals surface area (Å²) in [7, 11) is 1.77. The number of rotatable bonds is 9. The lowest BCUT2D eigenvalue weighted by atomic mass is 10.1. The van der Waals surface area contributed by atoms with Crippen LogP contribution in [0.1, 0.15) is 40.7 Å². The summed E-state index contributed by atoms with van der Waals surface area (Å²) in [4.78, 5) is 16.7. The number of carbonyl (C=O) groups is 1. The number of ether oxygens (including phenoxy) is 1. The highest BCUT2D eigenvalue weighted by Crippen LogP contribution is 2.11. The van der Waals surface area contributed by atoms with Gasteiger partial charge in [-0.15, -0.1) is 0 Å². The Balaban J connectivity index is 1.40. The second kappa shape index (κ2) is 12.0. The average Bonchev–Trinajstić information content (AvgIpc) is 3.31. The largest absolute Gasteiger partial charge is 0.376 e. The number of nitrogens with zero attached hydrogens (tertiary/aromatic N) is 1. The summed E-state index contributed by atoms with van der Waals surface area (Å²) in [6.07, 6.45) is 4.30. The van der Waals surface area contributed by atoms with Gasteiger partial charge in [-0.05, 0) is 48.9 Å². The lowest BCUT2D eigenvalue weighted by molar-refractivity contribution is 0.0857. The van der Waals surface area contributed by atoms with Gasteiger partial charge in [0.15, 0.2) is 5.96 Å². The Hall–Kier alpha value is -2.86. The van der Waals surface area contributed by atoms with E-state index < -0.39 is 0 Å². The Kier molecular flexibility index (Phi) is 8.72. The SMILES string of the molecule is CN=C(NCCCc1ccccc1)NCc1cccc(C(=O)NCC2CCCO2)c1. The van der Waals surface area contributed by atoms with Crippen LogP contribution >= 0.6 is 0 Å². The second-order valence-electron chi connectivity index (χ2n) is 7.49. The number of hydrogen-bond acceptors (Lipinski definition) is 3. The number of carbonyl (C=O) groups excluding carboxylic acids is 1. The zero-order valence-electron chi connectivity index (χ0n) is 17.7. The highest BCUT2D eigenvalue weighted by molar-refractivity contribution is 5.94. The van der Waals surface area contributed by atoms with Crippen LogP contribution in [0.3, 0.4) is 0 Å². The van der Waals surface area contributed by atoms with E-state index in [0.29, 0.717) is 18.7 Å². The molecule has 2 aromatic rings. The Morgan fingerprint density at radius 2 is 1.90 bits per heavy atom. The molecule has 1 unspecified atom stereocenters. The minimum Gasteiger partial charge on any atom is -0.376 e. The van der Waals surface area contributed by atoms with Crippen LogP contribution in [0.4, 0.5) is 0 Å². The van der Waals surface area contributed by atoms with Crippen LogP contribution in [0.2, 0.25) is 0 Å². The molecule has 0 radical (unpaired) electrons. The number of guanidine groups is 1. The van der Waals surface area contributed by atoms with Crippen LogP contribution < -0.4 is 16.0 Å². The van der Waals surface area contributed by atoms with E-state index in [1.54, 1.807) is 7.05 Å². The quantitative estimate of drug-likeness (QED) is 0.339. The van der Waals surface area contributed by atoms with Gasteiger partial charge in [0.1, 0.15) is 0 Å². The highest BCUT2D eigenvalue weighted by atomic mass is 16.5. The summed E-state index contributed by atoms with van der Waals surface area (Å²) in [5.74, 6) is 0.701. The van der Waals surface area contributed by atoms with E-state index in [2.05, 4.69) is 45.2 Å². The van der Waals surface area contributed by atoms with Gasteiger partial charge in [-0.2, -0.15) is 0 Å². The van der Waals surface area contributed by atoms with Crippen LogP contribution in [-0.4, -0.2) is 44.7 Å². The molecule has 6 nitrogen and oxygen atoms in total. The molecule has 6 heteroatoms. The normalized spacial score (nSPS) is 16.3. The molecule has 1 heterocycles. The Labute approximate surface area is 179 Å². The molecule has 3 rings (SSSR count). The fourth-order valence-corrected chi connectivity index (χ4v) is 3.49. The van der Waals surface area contributed by atoms with Crippen molar-refractivity contribution in [3.63, 3.8) is 0 Å². The van der Waals surface area contributed by atoms with Crippen molar-refractivity contribution in [1.82, 2.24) is 16.0 Å². The van der Waals surface area contributed by atoms with Crippen molar-refractivity contribution in [2.75, 3.05) is 26.7 Å². The summed E-state index contributed by atoms with van der Waals surface area (Å²) in [5.41, 5.74) is 3.04. The molecule has 1 fully saturated rings. The van der Waals surface area contributed by atoms with Gasteiger partial charge in [0, 0.05) is 38.9 Å². The topological polar surface area (TPSA) is 74.8 Å². The molecule has 1 amide bonds. The van der Waals surface area contributed by atoms with Crippen molar-refractivity contribution < 1.29 is 9.53 Å². The summed E-state index contributed by atoms with van der Waals surface area (Å²) in [6, 6.07) is 18.1. The first kappa shape index (κ1) is 21.8. The number of nitrogens with one attached hydrogen (secondary N) is 3. The first-order valence-corrected chi connectivity index (χ1v) is 10.7. The van der Waals surface area contributed by atoms with Crippen LogP contribution in [0.15, 0.2) is 59.6 Å². The maximum Gasteiger partial charge on any atom is 0.251 e. The van der Waals surface area contributed by atoms with Crippen LogP contribution in [0.25, 0.3) is 0 Å². The lowest BCUT2D eigenvalue weighted by Crippen LogP contribution is -2.37. The van der Waals surface area contributed by atoms with Gasteiger partial charge < -0.3 is 20.7 Å². The fourth-order valence-electron chi connectivity index (χ4n) is 3.49. The summed E-state index contributed by atoms with van der Waals surface area (Å²) < 4.78 is 5.56. The van der Waals surface area contributed by atoms with Gasteiger partial charge in [0.05, 0.1) is 6.10 Å². The minimum atomic E-state index is -0.0595. The van der Waals surface area contributed by atoms with E-state index in [0.717, 1.165) is 50.4 Å². The minimum absolute atomic E-state index is 0.0595. The van der Waals surface area contributed by atoms with Gasteiger partial charge in [-0.25, -0.2) is 0 Å². The number of aliphatic imine (C=N–C) groups is 1. The van der Waals surface area contributed by atoms with Crippen molar-refractivity contribution in [3.05, 3.63) is 71.3 Å². The number of hydrogen-bond donors (Lipinski definition) is 3. The zero-order valence-corrected chi connectivity index (χ0v) is 17.7. The van der Waals surface area contributed by atoms with Crippen molar-refractivity contribution in [2.45, 2.75) is 38.3 Å². The summed E-state index contributed by atoms with van der Waals surface area (Å²) in [6.45, 7) is 2.82. The molecule has 30 heavy (non-hydrogen) atoms. The maximum atomic E-state index is 12.4. The molecule has 3 N–H and O–H groups in total. The molecule has 0 aromatic heterocycles. The number of amides is 1. The predicted octanol–water partition coefficient (Wildman–Crippen LogP) is 2.89. The number of aryl methyl sites for hydroxylation is 1. The Bertz CT molecular complexity index is 817. The van der Waals surface area contributed by atoms with E-state index in [-0.39, 0.29) is 12.0 Å². The van der Waals surface area contributed by atoms with Crippen molar-refractivity contribution >= 4 is 11.9 Å². The molecule has 1 saturated heterocycles. The molecule has 0 saturated carbocycles. The lowest BCUT2D eigenvalue weighted by Gasteiger charge is -2.13. The number of benzene rings is 2. The third-order valence-corrected chi connectivity index (χ3v) is 5.16. The molecule has 1 aliphatic heterocycles. The Morgan fingerprint density at radius 1 is 1.07 bits per heavy atom. The van der Waals surface area contributed by atoms with E-state index in [1.165, 1.54) is 5.56 Å². The summed E-state index contributed by atoms with van der Waals surface area (Å²) >= 11 is 0. The van der Waals surface area contributed by atoms with Crippen molar-refractivity contribution in [1.29, 1.82) is 0 Å². The summed E-state index contributed by atoms with van der Waals surface area (Å²) in [5, 5.41) is 9.63. The fraction of sp³-hybridized carbons (Fsp3) is 0.417. The van der Waals surface area contributed by atoms with E-state index >= 15 is 0 Å². The zero-order chi connectivity index (χ0) is 21.0. The van der Waals surface area contributed by atoms with Crippen LogP contribution in [0.5, 0.6) is 0 Å². The maximum absolute atomic E-state index is 12.4. The van der Waals surface area contributed by atoms with Gasteiger partial charge >= 0.3 is 0 Å². The predicted molar refractivity (Wildman–Crippen MR) is 121 cm³/mol. The molecular formula is C24H32N4O2. The molecule has 160 valence electrons. The molecule has 2 aromatic carbocycles. The monoisotopic (exact) mass is 408 g/mol. The standard InChI is InChI=1S/C24H32N4O2/c1-25-24(26-14-6-11-19-8-3-2-4-9-19)28-17-20-10-5-12-21(16-20)23(29)27-18-22-13-7-15-30-22/h2-5,8-10,12,16,22H,6-7,11,13-15,17-18H2,1H3,(H,27,29)(H2,25,26,28). The molecule has 1 aliphatic rings. The van der Waals surface area contributed by atoms with Gasteiger partial charge in [0.2, 0.25) is 0 Å². The average molecular weight is 409 g/mol. The molecule has 0 bridgehead atoms. The Morgan fingerprint density at radius 3 is 2.67 bits per heavy atom. The van der Waals surface area contributed by atoms with Gasteiger partial charge in [-0.3, -0.25) is 9.79 Å². The van der Waals surface area contributed by atoms with Gasteiger partial charge in [-0.1, -0.05) is 42.5 Å². The first-order valence-electron chi connectivity index (χ1n) is 10.7. The van der Waals surface area contributed by atoms with Gasteiger partial charge in [0.25, 0.3) is 5.91 Å². The molecular weight excluding hydrogens is 376 g/mol. The van der Waals surface area contributed by atoms with Crippen molar-refractivity contribution in [2.24, 2.45) is 4.99 Å². The van der Waals surface area contributed by atoms with Crippen LogP contribution in [0, 0.1) is 0 Å². The van der Waals surface area contributed by atoms with Crippen LogP contribution in [-0.2, 0) is 17.7 Å². The third kappa shape index (κ3) is 7.19. The highest BCUT2D eigenvalue weighted by Gasteiger charge is 2.16. The van der Waals surface area contributed by atoms with Crippen molar-refractivity contribution in [3.8, 4) is 0 Å². The molecule has 0 spiro atoms. The van der Waals surface area contributed by atoms with E-state index in [9.17, 15) is 4.79 Å². The van der Waals surface area contributed by atoms with E-state index in [4.69, 9.17) is 4.74 Å². The van der Waals surface area contributed by atoms with E-state index in [1.807, 2.05) is 30.3 Å².